The Labute approximate surface area is 153 Å². The fraction of sp³-hybridized carbons (Fsp3) is 0.300. The van der Waals surface area contributed by atoms with E-state index in [9.17, 15) is 4.79 Å². The molecule has 26 heavy (non-hydrogen) atoms. The van der Waals surface area contributed by atoms with Crippen molar-refractivity contribution in [3.8, 4) is 11.4 Å². The van der Waals surface area contributed by atoms with E-state index in [2.05, 4.69) is 34.6 Å². The van der Waals surface area contributed by atoms with E-state index in [0.29, 0.717) is 11.7 Å². The summed E-state index contributed by atoms with van der Waals surface area (Å²) in [5.41, 5.74) is 4.02. The molecule has 1 N–H and O–H groups in total. The maximum absolute atomic E-state index is 12.4. The van der Waals surface area contributed by atoms with Crippen LogP contribution in [-0.2, 0) is 11.3 Å². The van der Waals surface area contributed by atoms with Crippen LogP contribution in [0.5, 0.6) is 0 Å². The molecule has 1 atom stereocenters. The number of nitrogens with zero attached hydrogens (tertiary/aromatic N) is 4. The van der Waals surface area contributed by atoms with Crippen LogP contribution in [-0.4, -0.2) is 26.1 Å². The molecule has 3 rings (SSSR count). The summed E-state index contributed by atoms with van der Waals surface area (Å²) in [4.78, 5) is 13.7. The van der Waals surface area contributed by atoms with Crippen molar-refractivity contribution in [2.45, 2.75) is 39.7 Å². The summed E-state index contributed by atoms with van der Waals surface area (Å²) in [6, 6.07) is 15.8. The molecular formula is C20H23N5O. The molecule has 0 saturated carbocycles. The van der Waals surface area contributed by atoms with Gasteiger partial charge in [0.2, 0.25) is 11.7 Å². The Bertz CT molecular complexity index is 885. The highest BCUT2D eigenvalue weighted by Crippen LogP contribution is 2.26. The molecule has 0 radical (unpaired) electrons. The second-order valence-corrected chi connectivity index (χ2v) is 6.45. The van der Waals surface area contributed by atoms with Crippen LogP contribution < -0.4 is 5.32 Å². The molecule has 3 aromatic rings. The Morgan fingerprint density at radius 1 is 1.15 bits per heavy atom. The summed E-state index contributed by atoms with van der Waals surface area (Å²) >= 11 is 0. The summed E-state index contributed by atoms with van der Waals surface area (Å²) in [6.07, 6.45) is 1.01. The minimum absolute atomic E-state index is 0.0215. The quantitative estimate of drug-likeness (QED) is 0.734. The van der Waals surface area contributed by atoms with Crippen LogP contribution in [0.25, 0.3) is 11.4 Å². The smallest absolute Gasteiger partial charge is 0.248 e. The van der Waals surface area contributed by atoms with E-state index in [1.165, 1.54) is 10.4 Å². The Hall–Kier alpha value is -3.02. The van der Waals surface area contributed by atoms with Gasteiger partial charge in [0.1, 0.15) is 6.54 Å². The molecule has 0 bridgehead atoms. The molecule has 0 aliphatic carbocycles. The van der Waals surface area contributed by atoms with Gasteiger partial charge in [-0.05, 0) is 36.1 Å². The summed E-state index contributed by atoms with van der Waals surface area (Å²) < 4.78 is 0. The molecule has 0 saturated heterocycles. The molecule has 0 spiro atoms. The molecule has 0 unspecified atom stereocenters. The molecule has 134 valence electrons. The monoisotopic (exact) mass is 349 g/mol. The van der Waals surface area contributed by atoms with Crippen molar-refractivity contribution in [1.29, 1.82) is 0 Å². The van der Waals surface area contributed by atoms with Crippen LogP contribution in [0.15, 0.2) is 48.5 Å². The van der Waals surface area contributed by atoms with Gasteiger partial charge in [-0.1, -0.05) is 61.9 Å². The van der Waals surface area contributed by atoms with Gasteiger partial charge >= 0.3 is 0 Å². The number of aromatic nitrogens is 4. The molecule has 1 amide bonds. The minimum atomic E-state index is -0.173. The molecular weight excluding hydrogens is 326 g/mol. The zero-order valence-corrected chi connectivity index (χ0v) is 15.3. The van der Waals surface area contributed by atoms with Gasteiger partial charge in [-0.2, -0.15) is 4.80 Å². The predicted octanol–water partition coefficient (Wildman–Crippen LogP) is 3.80. The van der Waals surface area contributed by atoms with Gasteiger partial charge < -0.3 is 5.32 Å². The molecule has 6 heteroatoms. The first-order valence-corrected chi connectivity index (χ1v) is 8.80. The fourth-order valence-electron chi connectivity index (χ4n) is 2.71. The van der Waals surface area contributed by atoms with E-state index < -0.39 is 0 Å². The normalized spacial score (nSPS) is 12.0. The largest absolute Gasteiger partial charge is 0.324 e. The van der Waals surface area contributed by atoms with E-state index in [4.69, 9.17) is 0 Å². The molecule has 2 aromatic carbocycles. The third kappa shape index (κ3) is 4.14. The number of benzene rings is 2. The summed E-state index contributed by atoms with van der Waals surface area (Å²) in [5, 5.41) is 15.3. The van der Waals surface area contributed by atoms with Crippen LogP contribution in [0.2, 0.25) is 0 Å². The van der Waals surface area contributed by atoms with Gasteiger partial charge in [-0.25, -0.2) is 0 Å². The first-order chi connectivity index (χ1) is 12.6. The fourth-order valence-corrected chi connectivity index (χ4v) is 2.71. The van der Waals surface area contributed by atoms with Crippen LogP contribution in [0, 0.1) is 6.92 Å². The van der Waals surface area contributed by atoms with E-state index >= 15 is 0 Å². The lowest BCUT2D eigenvalue weighted by Gasteiger charge is -2.15. The summed E-state index contributed by atoms with van der Waals surface area (Å²) in [6.45, 7) is 6.33. The molecule has 1 heterocycles. The Morgan fingerprint density at radius 3 is 2.62 bits per heavy atom. The number of carbonyl (C=O) groups is 1. The van der Waals surface area contributed by atoms with Crippen LogP contribution in [0.3, 0.4) is 0 Å². The number of nitrogens with one attached hydrogen (secondary N) is 1. The van der Waals surface area contributed by atoms with Crippen molar-refractivity contribution in [1.82, 2.24) is 20.2 Å². The van der Waals surface area contributed by atoms with Gasteiger partial charge in [-0.3, -0.25) is 4.79 Å². The van der Waals surface area contributed by atoms with E-state index in [1.807, 2.05) is 55.5 Å². The first kappa shape index (κ1) is 17.8. The lowest BCUT2D eigenvalue weighted by Crippen LogP contribution is -2.21. The van der Waals surface area contributed by atoms with Crippen molar-refractivity contribution in [2.24, 2.45) is 0 Å². The number of amides is 1. The van der Waals surface area contributed by atoms with Crippen molar-refractivity contribution in [3.05, 3.63) is 59.7 Å². The highest BCUT2D eigenvalue weighted by molar-refractivity contribution is 5.91. The second kappa shape index (κ2) is 7.91. The average Bonchev–Trinajstić information content (AvgIpc) is 3.10. The summed E-state index contributed by atoms with van der Waals surface area (Å²) in [7, 11) is 0. The van der Waals surface area contributed by atoms with E-state index in [0.717, 1.165) is 23.2 Å². The Balaban J connectivity index is 1.69. The number of hydrogen-bond donors (Lipinski definition) is 1. The zero-order chi connectivity index (χ0) is 18.5. The van der Waals surface area contributed by atoms with Crippen LogP contribution >= 0.6 is 0 Å². The van der Waals surface area contributed by atoms with Crippen LogP contribution in [0.1, 0.15) is 37.3 Å². The topological polar surface area (TPSA) is 72.7 Å². The highest BCUT2D eigenvalue weighted by Gasteiger charge is 2.13. The first-order valence-electron chi connectivity index (χ1n) is 8.80. The van der Waals surface area contributed by atoms with Gasteiger partial charge in [0.15, 0.2) is 0 Å². The van der Waals surface area contributed by atoms with Crippen molar-refractivity contribution < 1.29 is 4.79 Å². The molecule has 0 fully saturated rings. The van der Waals surface area contributed by atoms with Crippen molar-refractivity contribution in [3.63, 3.8) is 0 Å². The lowest BCUT2D eigenvalue weighted by molar-refractivity contribution is -0.117. The van der Waals surface area contributed by atoms with Gasteiger partial charge in [0.05, 0.1) is 0 Å². The van der Waals surface area contributed by atoms with Gasteiger partial charge in [-0.15, -0.1) is 10.2 Å². The maximum atomic E-state index is 12.4. The van der Waals surface area contributed by atoms with Gasteiger partial charge in [0.25, 0.3) is 0 Å². The van der Waals surface area contributed by atoms with Crippen molar-refractivity contribution in [2.75, 3.05) is 5.32 Å². The Morgan fingerprint density at radius 2 is 1.88 bits per heavy atom. The third-order valence-electron chi connectivity index (χ3n) is 4.43. The highest BCUT2D eigenvalue weighted by atomic mass is 16.2. The number of anilines is 1. The van der Waals surface area contributed by atoms with E-state index in [1.54, 1.807) is 0 Å². The standard InChI is InChI=1S/C20H23N5O/c1-4-15(3)17-7-5-6-8-18(17)21-19(26)13-25-23-20(22-24-25)16-11-9-14(2)10-12-16/h5-12,15H,4,13H2,1-3H3,(H,21,26)/t15-/m0/s1. The van der Waals surface area contributed by atoms with Crippen molar-refractivity contribution >= 4 is 11.6 Å². The summed E-state index contributed by atoms with van der Waals surface area (Å²) in [5.74, 6) is 0.718. The maximum Gasteiger partial charge on any atom is 0.248 e. The number of rotatable bonds is 6. The Kier molecular flexibility index (Phi) is 5.41. The van der Waals surface area contributed by atoms with E-state index in [-0.39, 0.29) is 12.5 Å². The number of tetrazole rings is 1. The number of hydrogen-bond acceptors (Lipinski definition) is 4. The number of para-hydroxylation sites is 1. The predicted molar refractivity (Wildman–Crippen MR) is 102 cm³/mol. The number of carbonyl (C=O) groups excluding carboxylic acids is 1. The molecule has 1 aromatic heterocycles. The van der Waals surface area contributed by atoms with Gasteiger partial charge in [0, 0.05) is 11.3 Å². The lowest BCUT2D eigenvalue weighted by atomic mass is 9.97. The average molecular weight is 349 g/mol. The third-order valence-corrected chi connectivity index (χ3v) is 4.43. The second-order valence-electron chi connectivity index (χ2n) is 6.45. The molecule has 6 nitrogen and oxygen atoms in total. The molecule has 0 aliphatic rings. The number of aryl methyl sites for hydroxylation is 1. The molecule has 0 aliphatic heterocycles. The zero-order valence-electron chi connectivity index (χ0n) is 15.3. The minimum Gasteiger partial charge on any atom is -0.324 e. The van der Waals surface area contributed by atoms with Crippen LogP contribution in [0.4, 0.5) is 5.69 Å². The SMILES string of the molecule is CC[C@H](C)c1ccccc1NC(=O)Cn1nnc(-c2ccc(C)cc2)n1.